The lowest BCUT2D eigenvalue weighted by atomic mass is 9.79. The molecule has 5 rings (SSSR count). The van der Waals surface area contributed by atoms with Crippen LogP contribution in [0.3, 0.4) is 0 Å². The van der Waals surface area contributed by atoms with Crippen molar-refractivity contribution in [3.8, 4) is 40.1 Å². The lowest BCUT2D eigenvalue weighted by Crippen LogP contribution is -2.60. The van der Waals surface area contributed by atoms with Crippen LogP contribution in [0.1, 0.15) is 33.1 Å². The van der Waals surface area contributed by atoms with Crippen LogP contribution in [-0.4, -0.2) is 89.7 Å². The standard InChI is InChI=1S/C31H34O14/c1-31(2,41)15-6-3-13(4-7-15)29(40)42-12-21-23(35)25(37)27(39)30(45-21)44-19-8-5-14(9-17(19)33)28-26(38)24(36)22-18(34)10-16(32)11-20(22)43-28/h3,5,8-11,15,21,23,25,27,30,32-35,37-39,41H,4,6-7,12H2,1-2H3. The zero-order valence-electron chi connectivity index (χ0n) is 24.3. The van der Waals surface area contributed by atoms with Crippen LogP contribution in [0.25, 0.3) is 22.3 Å². The molecule has 6 unspecified atom stereocenters. The van der Waals surface area contributed by atoms with Gasteiger partial charge in [0.15, 0.2) is 17.3 Å². The fourth-order valence-electron chi connectivity index (χ4n) is 5.42. The zero-order valence-corrected chi connectivity index (χ0v) is 24.3. The van der Waals surface area contributed by atoms with Gasteiger partial charge in [-0.25, -0.2) is 4.79 Å². The number of hydrogen-bond acceptors (Lipinski definition) is 14. The van der Waals surface area contributed by atoms with E-state index in [-0.39, 0.29) is 28.2 Å². The second kappa shape index (κ2) is 12.2. The molecule has 8 N–H and O–H groups in total. The quantitative estimate of drug-likeness (QED) is 0.173. The Balaban J connectivity index is 1.29. The number of ether oxygens (including phenoxy) is 3. The van der Waals surface area contributed by atoms with E-state index in [1.54, 1.807) is 19.9 Å². The number of esters is 1. The number of carbonyl (C=O) groups is 1. The maximum absolute atomic E-state index is 12.7. The molecule has 2 aromatic carbocycles. The molecule has 1 aliphatic carbocycles. The van der Waals surface area contributed by atoms with Crippen LogP contribution < -0.4 is 10.2 Å². The minimum atomic E-state index is -1.78. The van der Waals surface area contributed by atoms with Gasteiger partial charge in [0.1, 0.15) is 53.5 Å². The van der Waals surface area contributed by atoms with Crippen molar-refractivity contribution in [2.75, 3.05) is 6.61 Å². The normalized spacial score (nSPS) is 25.5. The summed E-state index contributed by atoms with van der Waals surface area (Å²) >= 11 is 0. The summed E-state index contributed by atoms with van der Waals surface area (Å²) in [6.07, 6.45) is -5.01. The summed E-state index contributed by atoms with van der Waals surface area (Å²) < 4.78 is 22.0. The first-order chi connectivity index (χ1) is 21.1. The fourth-order valence-corrected chi connectivity index (χ4v) is 5.42. The van der Waals surface area contributed by atoms with Crippen molar-refractivity contribution in [1.82, 2.24) is 0 Å². The van der Waals surface area contributed by atoms with Gasteiger partial charge in [-0.05, 0) is 57.2 Å². The van der Waals surface area contributed by atoms with Crippen LogP contribution >= 0.6 is 0 Å². The Bertz CT molecular complexity index is 1690. The molecule has 0 saturated carbocycles. The lowest BCUT2D eigenvalue weighted by molar-refractivity contribution is -0.278. The summed E-state index contributed by atoms with van der Waals surface area (Å²) in [5, 5.41) is 82.1. The van der Waals surface area contributed by atoms with E-state index in [4.69, 9.17) is 18.6 Å². The third kappa shape index (κ3) is 6.41. The number of carbonyl (C=O) groups excluding carboxylic acids is 1. The first-order valence-electron chi connectivity index (χ1n) is 14.2. The number of fused-ring (bicyclic) bond motifs is 1. The average molecular weight is 631 g/mol. The number of phenols is 3. The van der Waals surface area contributed by atoms with Crippen LogP contribution in [0.2, 0.25) is 0 Å². The molecule has 45 heavy (non-hydrogen) atoms. The van der Waals surface area contributed by atoms with Crippen molar-refractivity contribution >= 4 is 16.9 Å². The summed E-state index contributed by atoms with van der Waals surface area (Å²) in [4.78, 5) is 25.3. The largest absolute Gasteiger partial charge is 0.508 e. The third-order valence-corrected chi connectivity index (χ3v) is 8.12. The van der Waals surface area contributed by atoms with E-state index in [2.05, 4.69) is 0 Å². The Morgan fingerprint density at radius 3 is 2.38 bits per heavy atom. The number of aliphatic hydroxyl groups excluding tert-OH is 3. The van der Waals surface area contributed by atoms with Gasteiger partial charge in [-0.1, -0.05) is 6.08 Å². The molecule has 1 aliphatic heterocycles. The van der Waals surface area contributed by atoms with Crippen LogP contribution in [-0.2, 0) is 14.3 Å². The highest BCUT2D eigenvalue weighted by Gasteiger charge is 2.46. The fraction of sp³-hybridized carbons (Fsp3) is 0.419. The minimum Gasteiger partial charge on any atom is -0.508 e. The topological polar surface area (TPSA) is 237 Å². The second-order valence-corrected chi connectivity index (χ2v) is 11.7. The number of aliphatic hydroxyl groups is 4. The molecule has 1 saturated heterocycles. The first kappa shape index (κ1) is 32.1. The van der Waals surface area contributed by atoms with Gasteiger partial charge in [0.05, 0.1) is 5.60 Å². The maximum Gasteiger partial charge on any atom is 0.333 e. The van der Waals surface area contributed by atoms with Crippen LogP contribution in [0.4, 0.5) is 0 Å². The predicted molar refractivity (Wildman–Crippen MR) is 155 cm³/mol. The van der Waals surface area contributed by atoms with Gasteiger partial charge in [-0.3, -0.25) is 4.79 Å². The second-order valence-electron chi connectivity index (χ2n) is 11.7. The Morgan fingerprint density at radius 2 is 1.73 bits per heavy atom. The molecule has 3 aromatic rings. The molecule has 0 bridgehead atoms. The SMILES string of the molecule is CC(C)(O)C1CC=C(C(=O)OCC2OC(Oc3ccc(-c4oc5cc(O)cc(O)c5c(=O)c4O)cc3O)C(O)C(O)C2O)CC1. The van der Waals surface area contributed by atoms with Crippen molar-refractivity contribution in [2.45, 2.75) is 69.4 Å². The van der Waals surface area contributed by atoms with Gasteiger partial charge < -0.3 is 59.5 Å². The maximum atomic E-state index is 12.7. The molecule has 2 heterocycles. The van der Waals surface area contributed by atoms with Crippen molar-refractivity contribution in [3.63, 3.8) is 0 Å². The number of hydrogen-bond donors (Lipinski definition) is 8. The Labute approximate surface area is 255 Å². The number of phenolic OH excluding ortho intramolecular Hbond substituents is 3. The molecular weight excluding hydrogens is 596 g/mol. The van der Waals surface area contributed by atoms with Crippen molar-refractivity contribution in [1.29, 1.82) is 0 Å². The van der Waals surface area contributed by atoms with E-state index in [9.17, 15) is 50.4 Å². The molecule has 6 atom stereocenters. The molecular formula is C31H34O14. The highest BCUT2D eigenvalue weighted by atomic mass is 16.7. The van der Waals surface area contributed by atoms with Gasteiger partial charge in [-0.15, -0.1) is 0 Å². The highest BCUT2D eigenvalue weighted by Crippen LogP contribution is 2.39. The van der Waals surface area contributed by atoms with Crippen LogP contribution in [0.5, 0.6) is 28.7 Å². The third-order valence-electron chi connectivity index (χ3n) is 8.12. The molecule has 1 aromatic heterocycles. The monoisotopic (exact) mass is 630 g/mol. The first-order valence-corrected chi connectivity index (χ1v) is 14.2. The van der Waals surface area contributed by atoms with Crippen LogP contribution in [0, 0.1) is 5.92 Å². The molecule has 1 fully saturated rings. The van der Waals surface area contributed by atoms with Gasteiger partial charge in [0.25, 0.3) is 0 Å². The van der Waals surface area contributed by atoms with Crippen molar-refractivity contribution in [3.05, 3.63) is 52.2 Å². The van der Waals surface area contributed by atoms with E-state index in [0.717, 1.165) is 18.2 Å². The molecule has 242 valence electrons. The molecule has 14 heteroatoms. The molecule has 14 nitrogen and oxygen atoms in total. The highest BCUT2D eigenvalue weighted by molar-refractivity contribution is 5.89. The van der Waals surface area contributed by atoms with Crippen molar-refractivity contribution < 1.29 is 64.3 Å². The zero-order chi connectivity index (χ0) is 32.8. The predicted octanol–water partition coefficient (Wildman–Crippen LogP) is 1.51. The minimum absolute atomic E-state index is 0.00423. The molecule has 2 aliphatic rings. The summed E-state index contributed by atoms with van der Waals surface area (Å²) in [6, 6.07) is 5.49. The summed E-state index contributed by atoms with van der Waals surface area (Å²) in [6.45, 7) is 2.92. The van der Waals surface area contributed by atoms with E-state index < -0.39 is 83.1 Å². The molecule has 0 spiro atoms. The number of aromatic hydroxyl groups is 4. The number of benzene rings is 2. The van der Waals surface area contributed by atoms with Crippen LogP contribution in [0.15, 0.2) is 51.2 Å². The number of rotatable bonds is 7. The number of allylic oxidation sites excluding steroid dienone is 1. The van der Waals surface area contributed by atoms with E-state index in [0.29, 0.717) is 24.8 Å². The van der Waals surface area contributed by atoms with Crippen molar-refractivity contribution in [2.24, 2.45) is 5.92 Å². The Hall–Kier alpha value is -4.34. The summed E-state index contributed by atoms with van der Waals surface area (Å²) in [5.74, 6) is -3.78. The smallest absolute Gasteiger partial charge is 0.333 e. The van der Waals surface area contributed by atoms with Gasteiger partial charge >= 0.3 is 5.97 Å². The molecule has 0 amide bonds. The van der Waals surface area contributed by atoms with E-state index >= 15 is 0 Å². The Kier molecular flexibility index (Phi) is 8.70. The summed E-state index contributed by atoms with van der Waals surface area (Å²) in [7, 11) is 0. The van der Waals surface area contributed by atoms with Gasteiger partial charge in [0.2, 0.25) is 17.5 Å². The summed E-state index contributed by atoms with van der Waals surface area (Å²) in [5.41, 5.74) is -1.71. The van der Waals surface area contributed by atoms with E-state index in [1.807, 2.05) is 0 Å². The van der Waals surface area contributed by atoms with Gasteiger partial charge in [0, 0.05) is 23.3 Å². The van der Waals surface area contributed by atoms with E-state index in [1.165, 1.54) is 12.1 Å². The lowest BCUT2D eigenvalue weighted by Gasteiger charge is -2.40. The van der Waals surface area contributed by atoms with Gasteiger partial charge in [-0.2, -0.15) is 0 Å². The molecule has 0 radical (unpaired) electrons. The Morgan fingerprint density at radius 1 is 1.00 bits per heavy atom. The average Bonchev–Trinajstić information content (AvgIpc) is 2.98.